The van der Waals surface area contributed by atoms with Crippen LogP contribution in [0.1, 0.15) is 24.6 Å². The van der Waals surface area contributed by atoms with Gasteiger partial charge in [0.2, 0.25) is 5.95 Å². The first-order valence-electron chi connectivity index (χ1n) is 8.89. The van der Waals surface area contributed by atoms with Gasteiger partial charge in [0, 0.05) is 44.5 Å². The Morgan fingerprint density at radius 3 is 2.44 bits per heavy atom. The second kappa shape index (κ2) is 8.16. The SMILES string of the molecule is CCCc1c(COC)nc(N2CCN(c3ccccc3)CC2)[nH]c1=O. The minimum Gasteiger partial charge on any atom is -0.378 e. The number of rotatable bonds is 6. The summed E-state index contributed by atoms with van der Waals surface area (Å²) in [6, 6.07) is 10.4. The molecule has 0 unspecified atom stereocenters. The van der Waals surface area contributed by atoms with Crippen molar-refractivity contribution in [3.63, 3.8) is 0 Å². The van der Waals surface area contributed by atoms with Crippen LogP contribution in [0.4, 0.5) is 11.6 Å². The normalized spacial score (nSPS) is 14.8. The summed E-state index contributed by atoms with van der Waals surface area (Å²) in [6.07, 6.45) is 1.64. The molecule has 25 heavy (non-hydrogen) atoms. The van der Waals surface area contributed by atoms with Gasteiger partial charge in [-0.1, -0.05) is 31.5 Å². The first-order chi connectivity index (χ1) is 12.2. The van der Waals surface area contributed by atoms with Crippen LogP contribution in [0.3, 0.4) is 0 Å². The number of hydrogen-bond donors (Lipinski definition) is 1. The van der Waals surface area contributed by atoms with Crippen LogP contribution in [0.5, 0.6) is 0 Å². The van der Waals surface area contributed by atoms with Crippen molar-refractivity contribution in [2.24, 2.45) is 0 Å². The van der Waals surface area contributed by atoms with Gasteiger partial charge < -0.3 is 14.5 Å². The monoisotopic (exact) mass is 342 g/mol. The van der Waals surface area contributed by atoms with Crippen LogP contribution in [-0.4, -0.2) is 43.3 Å². The van der Waals surface area contributed by atoms with Crippen LogP contribution in [-0.2, 0) is 17.8 Å². The van der Waals surface area contributed by atoms with E-state index in [1.807, 2.05) is 6.07 Å². The third kappa shape index (κ3) is 4.02. The lowest BCUT2D eigenvalue weighted by molar-refractivity contribution is 0.180. The number of H-pyrrole nitrogens is 1. The molecule has 134 valence electrons. The van der Waals surface area contributed by atoms with E-state index in [0.717, 1.165) is 50.3 Å². The average Bonchev–Trinajstić information content (AvgIpc) is 2.65. The van der Waals surface area contributed by atoms with Gasteiger partial charge in [0.25, 0.3) is 5.56 Å². The summed E-state index contributed by atoms with van der Waals surface area (Å²) in [6.45, 7) is 5.91. The zero-order valence-electron chi connectivity index (χ0n) is 15.0. The Balaban J connectivity index is 1.75. The lowest BCUT2D eigenvalue weighted by atomic mass is 10.1. The van der Waals surface area contributed by atoms with Gasteiger partial charge in [-0.25, -0.2) is 4.98 Å². The van der Waals surface area contributed by atoms with Crippen LogP contribution >= 0.6 is 0 Å². The van der Waals surface area contributed by atoms with Crippen molar-refractivity contribution < 1.29 is 4.74 Å². The molecule has 1 aliphatic heterocycles. The van der Waals surface area contributed by atoms with Gasteiger partial charge in [-0.3, -0.25) is 9.78 Å². The van der Waals surface area contributed by atoms with Crippen LogP contribution in [0.15, 0.2) is 35.1 Å². The van der Waals surface area contributed by atoms with Gasteiger partial charge in [-0.05, 0) is 18.6 Å². The maximum atomic E-state index is 12.5. The number of para-hydroxylation sites is 1. The number of nitrogens with zero attached hydrogens (tertiary/aromatic N) is 3. The zero-order valence-corrected chi connectivity index (χ0v) is 15.0. The van der Waals surface area contributed by atoms with Crippen molar-refractivity contribution in [3.8, 4) is 0 Å². The van der Waals surface area contributed by atoms with Gasteiger partial charge in [0.1, 0.15) is 0 Å². The maximum absolute atomic E-state index is 12.5. The lowest BCUT2D eigenvalue weighted by Gasteiger charge is -2.36. The first-order valence-corrected chi connectivity index (χ1v) is 8.89. The third-order valence-electron chi connectivity index (χ3n) is 4.57. The molecular weight excluding hydrogens is 316 g/mol. The molecule has 0 radical (unpaired) electrons. The molecule has 1 N–H and O–H groups in total. The van der Waals surface area contributed by atoms with Crippen molar-refractivity contribution in [1.82, 2.24) is 9.97 Å². The minimum absolute atomic E-state index is 0.0376. The zero-order chi connectivity index (χ0) is 17.6. The van der Waals surface area contributed by atoms with Gasteiger partial charge in [0.05, 0.1) is 12.3 Å². The molecule has 0 spiro atoms. The summed E-state index contributed by atoms with van der Waals surface area (Å²) in [7, 11) is 1.64. The molecule has 0 saturated carbocycles. The van der Waals surface area contributed by atoms with E-state index in [2.05, 4.69) is 46.0 Å². The summed E-state index contributed by atoms with van der Waals surface area (Å²) in [4.78, 5) is 24.6. The number of ether oxygens (including phenoxy) is 1. The number of anilines is 2. The van der Waals surface area contributed by atoms with E-state index >= 15 is 0 Å². The van der Waals surface area contributed by atoms with Crippen molar-refractivity contribution in [3.05, 3.63) is 51.9 Å². The van der Waals surface area contributed by atoms with Crippen molar-refractivity contribution >= 4 is 11.6 Å². The van der Waals surface area contributed by atoms with E-state index in [0.29, 0.717) is 12.6 Å². The van der Waals surface area contributed by atoms with Gasteiger partial charge in [0.15, 0.2) is 0 Å². The molecule has 2 aromatic rings. The largest absolute Gasteiger partial charge is 0.378 e. The summed E-state index contributed by atoms with van der Waals surface area (Å²) >= 11 is 0. The number of aromatic amines is 1. The Bertz CT molecular complexity index is 737. The molecule has 3 rings (SSSR count). The van der Waals surface area contributed by atoms with Crippen LogP contribution < -0.4 is 15.4 Å². The average molecular weight is 342 g/mol. The Morgan fingerprint density at radius 2 is 1.80 bits per heavy atom. The number of methoxy groups -OCH3 is 1. The molecule has 0 aliphatic carbocycles. The maximum Gasteiger partial charge on any atom is 0.255 e. The molecule has 1 fully saturated rings. The summed E-state index contributed by atoms with van der Waals surface area (Å²) in [5, 5.41) is 0. The second-order valence-corrected chi connectivity index (χ2v) is 6.31. The Hall–Kier alpha value is -2.34. The highest BCUT2D eigenvalue weighted by Gasteiger charge is 2.20. The molecule has 6 heteroatoms. The van der Waals surface area contributed by atoms with Crippen molar-refractivity contribution in [2.45, 2.75) is 26.4 Å². The number of benzene rings is 1. The lowest BCUT2D eigenvalue weighted by Crippen LogP contribution is -2.47. The Kier molecular flexibility index (Phi) is 5.71. The summed E-state index contributed by atoms with van der Waals surface area (Å²) < 4.78 is 5.25. The van der Waals surface area contributed by atoms with E-state index in [1.54, 1.807) is 7.11 Å². The van der Waals surface area contributed by atoms with Gasteiger partial charge >= 0.3 is 0 Å². The summed E-state index contributed by atoms with van der Waals surface area (Å²) in [5.41, 5.74) is 2.70. The second-order valence-electron chi connectivity index (χ2n) is 6.31. The van der Waals surface area contributed by atoms with E-state index in [1.165, 1.54) is 5.69 Å². The molecule has 0 atom stereocenters. The van der Waals surface area contributed by atoms with E-state index in [-0.39, 0.29) is 5.56 Å². The van der Waals surface area contributed by atoms with Gasteiger partial charge in [-0.15, -0.1) is 0 Å². The smallest absolute Gasteiger partial charge is 0.255 e. The quantitative estimate of drug-likeness (QED) is 0.872. The highest BCUT2D eigenvalue weighted by atomic mass is 16.5. The van der Waals surface area contributed by atoms with E-state index in [9.17, 15) is 4.79 Å². The minimum atomic E-state index is -0.0376. The fraction of sp³-hybridized carbons (Fsp3) is 0.474. The Labute approximate surface area is 148 Å². The predicted molar refractivity (Wildman–Crippen MR) is 100 cm³/mol. The van der Waals surface area contributed by atoms with E-state index in [4.69, 9.17) is 9.72 Å². The molecule has 1 saturated heterocycles. The third-order valence-corrected chi connectivity index (χ3v) is 4.57. The molecule has 0 amide bonds. The standard InChI is InChI=1S/C19H26N4O2/c1-3-7-16-17(14-25-2)20-19(21-18(16)24)23-12-10-22(11-13-23)15-8-5-4-6-9-15/h4-6,8-9H,3,7,10-14H2,1-2H3,(H,20,21,24). The number of nitrogens with one attached hydrogen (secondary N) is 1. The molecule has 0 bridgehead atoms. The highest BCUT2D eigenvalue weighted by molar-refractivity contribution is 5.48. The number of aromatic nitrogens is 2. The van der Waals surface area contributed by atoms with E-state index < -0.39 is 0 Å². The van der Waals surface area contributed by atoms with Crippen LogP contribution in [0, 0.1) is 0 Å². The van der Waals surface area contributed by atoms with Crippen molar-refractivity contribution in [1.29, 1.82) is 0 Å². The topological polar surface area (TPSA) is 61.5 Å². The number of hydrogen-bond acceptors (Lipinski definition) is 5. The molecule has 2 heterocycles. The molecule has 1 aromatic heterocycles. The van der Waals surface area contributed by atoms with Crippen LogP contribution in [0.2, 0.25) is 0 Å². The molecular formula is C19H26N4O2. The van der Waals surface area contributed by atoms with Gasteiger partial charge in [-0.2, -0.15) is 0 Å². The Morgan fingerprint density at radius 1 is 1.12 bits per heavy atom. The molecule has 6 nitrogen and oxygen atoms in total. The summed E-state index contributed by atoms with van der Waals surface area (Å²) in [5.74, 6) is 0.657. The number of piperazine rings is 1. The fourth-order valence-electron chi connectivity index (χ4n) is 3.26. The molecule has 1 aromatic carbocycles. The fourth-order valence-corrected chi connectivity index (χ4v) is 3.26. The van der Waals surface area contributed by atoms with Crippen LogP contribution in [0.25, 0.3) is 0 Å². The highest BCUT2D eigenvalue weighted by Crippen LogP contribution is 2.18. The van der Waals surface area contributed by atoms with Crippen molar-refractivity contribution in [2.75, 3.05) is 43.1 Å². The first kappa shape index (κ1) is 17.5. The predicted octanol–water partition coefficient (Wildman–Crippen LogP) is 2.20. The molecule has 1 aliphatic rings.